The summed E-state index contributed by atoms with van der Waals surface area (Å²) >= 11 is 0. The lowest BCUT2D eigenvalue weighted by Crippen LogP contribution is -2.09. The van der Waals surface area contributed by atoms with Crippen LogP contribution in [0.2, 0.25) is 0 Å². The van der Waals surface area contributed by atoms with Gasteiger partial charge in [0.25, 0.3) is 0 Å². The Morgan fingerprint density at radius 1 is 0.194 bits per heavy atom. The third-order valence-corrected chi connectivity index (χ3v) is 16.0. The molecule has 16 rings (SSSR count). The molecule has 0 fully saturated rings. The van der Waals surface area contributed by atoms with Crippen molar-refractivity contribution in [2.45, 2.75) is 69.2 Å². The molecule has 0 bridgehead atoms. The lowest BCUT2D eigenvalue weighted by Gasteiger charge is -2.26. The van der Waals surface area contributed by atoms with Gasteiger partial charge >= 0.3 is 0 Å². The van der Waals surface area contributed by atoms with E-state index < -0.39 is 0 Å². The van der Waals surface area contributed by atoms with E-state index >= 15 is 0 Å². The summed E-state index contributed by atoms with van der Waals surface area (Å²) in [6.45, 7) is 20.0. The normalized spacial score (nSPS) is 10.5. The molecule has 0 spiro atoms. The van der Waals surface area contributed by atoms with E-state index in [2.05, 4.69) is 357 Å². The highest BCUT2D eigenvalue weighted by atomic mass is 15.2. The van der Waals surface area contributed by atoms with Crippen molar-refractivity contribution in [2.75, 3.05) is 9.80 Å². The Bertz CT molecular complexity index is 4720. The summed E-state index contributed by atoms with van der Waals surface area (Å²) in [7, 11) is 0. The molecule has 462 valence electrons. The van der Waals surface area contributed by atoms with Crippen molar-refractivity contribution in [3.8, 4) is 28.2 Å². The van der Waals surface area contributed by atoms with Gasteiger partial charge in [0.05, 0.1) is 33.1 Å². The van der Waals surface area contributed by atoms with E-state index in [0.717, 1.165) is 39.8 Å². The Hall–Kier alpha value is -11.1. The largest absolute Gasteiger partial charge is 0.310 e. The van der Waals surface area contributed by atoms with Crippen molar-refractivity contribution < 1.29 is 0 Å². The summed E-state index contributed by atoms with van der Waals surface area (Å²) in [4.78, 5) is 4.66. The van der Waals surface area contributed by atoms with E-state index in [4.69, 9.17) is 0 Å². The number of rotatable bonds is 10. The fourth-order valence-corrected chi connectivity index (χ4v) is 12.4. The Morgan fingerprint density at radius 2 is 0.473 bits per heavy atom. The smallest absolute Gasteiger partial charge is 0.0547 e. The van der Waals surface area contributed by atoms with Crippen LogP contribution in [-0.4, -0.2) is 13.7 Å². The van der Waals surface area contributed by atoms with Crippen LogP contribution in [0, 0.1) is 0 Å². The first-order valence-electron chi connectivity index (χ1n) is 33.3. The molecule has 5 heteroatoms. The summed E-state index contributed by atoms with van der Waals surface area (Å²) < 4.78 is 7.13. The van der Waals surface area contributed by atoms with Gasteiger partial charge in [-0.2, -0.15) is 0 Å². The number of hydrogen-bond donors (Lipinski definition) is 0. The maximum Gasteiger partial charge on any atom is 0.0547 e. The van der Waals surface area contributed by atoms with Crippen LogP contribution in [0.3, 0.4) is 0 Å². The summed E-state index contributed by atoms with van der Waals surface area (Å²) in [5, 5.41) is 7.50. The second kappa shape index (κ2) is 31.5. The molecular formula is C88H85N5. The second-order valence-electron chi connectivity index (χ2n) is 20.9. The molecule has 0 aliphatic carbocycles. The van der Waals surface area contributed by atoms with Gasteiger partial charge in [-0.05, 0) is 163 Å². The molecule has 0 saturated heterocycles. The van der Waals surface area contributed by atoms with Crippen LogP contribution in [0.1, 0.15) is 69.2 Å². The van der Waals surface area contributed by atoms with Gasteiger partial charge in [-0.15, -0.1) is 0 Å². The molecule has 16 aromatic rings. The molecule has 13 aromatic carbocycles. The van der Waals surface area contributed by atoms with Crippen molar-refractivity contribution in [3.63, 3.8) is 0 Å². The Balaban J connectivity index is 0.000000181. The number of fused-ring (bicyclic) bond motifs is 9. The van der Waals surface area contributed by atoms with E-state index in [1.807, 2.05) is 69.2 Å². The molecule has 0 amide bonds. The predicted octanol–water partition coefficient (Wildman–Crippen LogP) is 26.4. The number of nitrogens with zero attached hydrogens (tertiary/aromatic N) is 5. The maximum absolute atomic E-state index is 2.38. The Kier molecular flexibility index (Phi) is 22.0. The lowest BCUT2D eigenvalue weighted by molar-refractivity contribution is 1.18. The fourth-order valence-electron chi connectivity index (χ4n) is 12.4. The highest BCUT2D eigenvalue weighted by Gasteiger charge is 2.22. The molecule has 5 nitrogen and oxygen atoms in total. The minimum absolute atomic E-state index is 1.11. The highest BCUT2D eigenvalue weighted by Crippen LogP contribution is 2.44. The molecule has 93 heavy (non-hydrogen) atoms. The van der Waals surface area contributed by atoms with E-state index in [1.165, 1.54) is 87.9 Å². The van der Waals surface area contributed by atoms with Crippen LogP contribution < -0.4 is 9.80 Å². The van der Waals surface area contributed by atoms with E-state index in [9.17, 15) is 0 Å². The fraction of sp³-hybridized carbons (Fsp3) is 0.114. The van der Waals surface area contributed by atoms with Crippen LogP contribution in [0.4, 0.5) is 34.1 Å². The first kappa shape index (κ1) is 64.8. The van der Waals surface area contributed by atoms with Gasteiger partial charge in [0.1, 0.15) is 0 Å². The summed E-state index contributed by atoms with van der Waals surface area (Å²) in [6.07, 6.45) is 0. The van der Waals surface area contributed by atoms with Crippen molar-refractivity contribution in [1.29, 1.82) is 0 Å². The van der Waals surface area contributed by atoms with Gasteiger partial charge in [-0.3, -0.25) is 0 Å². The van der Waals surface area contributed by atoms with E-state index in [0.29, 0.717) is 0 Å². The standard InChI is InChI=1S/C42H31N3.C36H24N2.5C2H6/c1-6-16-32(17-7-1)43(33-18-8-2-9-19-33)37-26-28-41-39(30-37)40-31-38(27-29-42(40)45(41)36-24-14-5-15-25-36)44(34-20-10-3-11-21-34)35-22-12-4-13-23-35;1-3-12-26(13-4-1)37-32-19-9-7-16-29(32)31-24-25(22-23-34(31)37)28-18-11-21-35-36(28)30-17-8-10-20-33(30)38(35)27-14-5-2-6-15-27;5*1-2/h1-31H;1-24H;5*1-2H3. The molecule has 0 aliphatic rings. The van der Waals surface area contributed by atoms with Crippen molar-refractivity contribution in [1.82, 2.24) is 13.7 Å². The summed E-state index contributed by atoms with van der Waals surface area (Å²) in [6, 6.07) is 119. The molecule has 0 N–H and O–H groups in total. The van der Waals surface area contributed by atoms with Crippen molar-refractivity contribution in [3.05, 3.63) is 334 Å². The maximum atomic E-state index is 2.38. The van der Waals surface area contributed by atoms with Gasteiger partial charge in [-0.25, -0.2) is 0 Å². The van der Waals surface area contributed by atoms with Crippen LogP contribution in [0.25, 0.3) is 93.6 Å². The van der Waals surface area contributed by atoms with E-state index in [1.54, 1.807) is 0 Å². The molecular weight excluding hydrogens is 1130 g/mol. The number of benzene rings is 13. The van der Waals surface area contributed by atoms with Gasteiger partial charge < -0.3 is 23.5 Å². The van der Waals surface area contributed by atoms with Crippen molar-refractivity contribution >= 4 is 99.5 Å². The molecule has 0 radical (unpaired) electrons. The van der Waals surface area contributed by atoms with Gasteiger partial charge in [-0.1, -0.05) is 251 Å². The lowest BCUT2D eigenvalue weighted by atomic mass is 9.98. The number of anilines is 6. The minimum Gasteiger partial charge on any atom is -0.310 e. The second-order valence-corrected chi connectivity index (χ2v) is 20.9. The summed E-state index contributed by atoms with van der Waals surface area (Å²) in [5.41, 5.74) is 19.9. The summed E-state index contributed by atoms with van der Waals surface area (Å²) in [5.74, 6) is 0. The number of para-hydroxylation sites is 9. The predicted molar refractivity (Wildman–Crippen MR) is 407 cm³/mol. The number of hydrogen-bond acceptors (Lipinski definition) is 2. The Morgan fingerprint density at radius 3 is 0.860 bits per heavy atom. The zero-order chi connectivity index (χ0) is 65.1. The zero-order valence-corrected chi connectivity index (χ0v) is 55.5. The first-order chi connectivity index (χ1) is 46.2. The van der Waals surface area contributed by atoms with Crippen LogP contribution >= 0.6 is 0 Å². The highest BCUT2D eigenvalue weighted by molar-refractivity contribution is 6.18. The average Bonchev–Trinajstić information content (AvgIpc) is 1.60. The molecule has 0 aliphatic heterocycles. The van der Waals surface area contributed by atoms with Crippen LogP contribution in [-0.2, 0) is 0 Å². The van der Waals surface area contributed by atoms with E-state index in [-0.39, 0.29) is 0 Å². The van der Waals surface area contributed by atoms with Crippen molar-refractivity contribution in [2.24, 2.45) is 0 Å². The van der Waals surface area contributed by atoms with Crippen LogP contribution in [0.5, 0.6) is 0 Å². The Labute approximate surface area is 550 Å². The monoisotopic (exact) mass is 1210 g/mol. The van der Waals surface area contributed by atoms with Gasteiger partial charge in [0.15, 0.2) is 0 Å². The van der Waals surface area contributed by atoms with Crippen LogP contribution in [0.15, 0.2) is 334 Å². The quantitative estimate of drug-likeness (QED) is 0.136. The third-order valence-electron chi connectivity index (χ3n) is 16.0. The minimum atomic E-state index is 1.11. The molecule has 3 aromatic heterocycles. The molecule has 0 saturated carbocycles. The van der Waals surface area contributed by atoms with Gasteiger partial charge in [0.2, 0.25) is 0 Å². The molecule has 3 heterocycles. The SMILES string of the molecule is CC.CC.CC.CC.CC.c1ccc(-n2c3ccccc3c3cc(-c4cccc5c4c4ccccc4n5-c4ccccc4)ccc32)cc1.c1ccc(N(c2ccccc2)c2ccc3c(c2)c2cc(N(c4ccccc4)c4ccccc4)ccc2n3-c2ccccc2)cc1. The van der Waals surface area contributed by atoms with Gasteiger partial charge in [0, 0.05) is 83.5 Å². The average molecular weight is 1210 g/mol. The zero-order valence-electron chi connectivity index (χ0n) is 55.5. The number of aromatic nitrogens is 3. The first-order valence-corrected chi connectivity index (χ1v) is 33.3. The molecule has 0 unspecified atom stereocenters. The third kappa shape index (κ3) is 13.1. The molecule has 0 atom stereocenters. The topological polar surface area (TPSA) is 21.3 Å².